The minimum atomic E-state index is -0.464. The van der Waals surface area contributed by atoms with Crippen molar-refractivity contribution in [3.63, 3.8) is 0 Å². The molecule has 2 N–H and O–H groups in total. The largest absolute Gasteiger partial charge is 0.486 e. The van der Waals surface area contributed by atoms with Crippen LogP contribution in [0, 0.1) is 5.82 Å². The summed E-state index contributed by atoms with van der Waals surface area (Å²) in [5.74, 6) is 0.318. The molecule has 10 heteroatoms. The Kier molecular flexibility index (Phi) is 7.83. The number of carbonyl (C=O) groups excluding carboxylic acids is 2. The lowest BCUT2D eigenvalue weighted by molar-refractivity contribution is -0.117. The molecule has 1 aromatic heterocycles. The maximum absolute atomic E-state index is 13.0. The molecular weight excluding hydrogens is 409 g/mol. The lowest BCUT2D eigenvalue weighted by Crippen LogP contribution is -2.44. The van der Waals surface area contributed by atoms with E-state index in [0.29, 0.717) is 23.3 Å². The Morgan fingerprint density at radius 1 is 1.27 bits per heavy atom. The van der Waals surface area contributed by atoms with E-state index in [9.17, 15) is 14.0 Å². The Balaban J connectivity index is 1.52. The molecule has 3 rings (SSSR count). The van der Waals surface area contributed by atoms with Gasteiger partial charge < -0.3 is 10.1 Å². The lowest BCUT2D eigenvalue weighted by atomic mass is 10.2. The van der Waals surface area contributed by atoms with Crippen LogP contribution in [-0.2, 0) is 17.9 Å². The SMILES string of the molecule is C=CCn1c(COc2ccc(F)cc2)nnc1SCC(=O)NC(=O)NC1CCCC1. The topological polar surface area (TPSA) is 98.1 Å². The number of urea groups is 1. The molecule has 0 saturated heterocycles. The van der Waals surface area contributed by atoms with E-state index in [1.165, 1.54) is 36.0 Å². The van der Waals surface area contributed by atoms with Crippen molar-refractivity contribution in [2.75, 3.05) is 5.75 Å². The molecule has 0 atom stereocenters. The fourth-order valence-corrected chi connectivity index (χ4v) is 3.87. The van der Waals surface area contributed by atoms with Gasteiger partial charge in [0.2, 0.25) is 5.91 Å². The molecule has 1 aliphatic rings. The van der Waals surface area contributed by atoms with Gasteiger partial charge in [0.1, 0.15) is 18.2 Å². The molecule has 3 amide bonds. The van der Waals surface area contributed by atoms with Crippen LogP contribution in [0.4, 0.5) is 9.18 Å². The minimum Gasteiger partial charge on any atom is -0.486 e. The number of imide groups is 1. The van der Waals surface area contributed by atoms with Crippen molar-refractivity contribution in [2.45, 2.75) is 50.0 Å². The molecule has 0 aliphatic heterocycles. The van der Waals surface area contributed by atoms with E-state index in [0.717, 1.165) is 25.7 Å². The van der Waals surface area contributed by atoms with Gasteiger partial charge in [-0.25, -0.2) is 9.18 Å². The van der Waals surface area contributed by atoms with Crippen molar-refractivity contribution >= 4 is 23.7 Å². The van der Waals surface area contributed by atoms with E-state index in [1.807, 2.05) is 0 Å². The highest BCUT2D eigenvalue weighted by molar-refractivity contribution is 7.99. The molecule has 1 aliphatic carbocycles. The van der Waals surface area contributed by atoms with E-state index < -0.39 is 11.9 Å². The first-order chi connectivity index (χ1) is 14.5. The third kappa shape index (κ3) is 6.31. The van der Waals surface area contributed by atoms with Crippen LogP contribution in [0.3, 0.4) is 0 Å². The first-order valence-electron chi connectivity index (χ1n) is 9.69. The second-order valence-corrected chi connectivity index (χ2v) is 7.77. The predicted molar refractivity (Wildman–Crippen MR) is 111 cm³/mol. The lowest BCUT2D eigenvalue weighted by Gasteiger charge is -2.12. The third-order valence-corrected chi connectivity index (χ3v) is 5.53. The van der Waals surface area contributed by atoms with E-state index in [2.05, 4.69) is 27.4 Å². The van der Waals surface area contributed by atoms with E-state index in [1.54, 1.807) is 10.6 Å². The summed E-state index contributed by atoms with van der Waals surface area (Å²) in [4.78, 5) is 24.0. The molecule has 0 spiro atoms. The van der Waals surface area contributed by atoms with Crippen molar-refractivity contribution in [1.29, 1.82) is 0 Å². The molecule has 1 heterocycles. The maximum Gasteiger partial charge on any atom is 0.321 e. The third-order valence-electron chi connectivity index (χ3n) is 4.56. The molecule has 1 aromatic carbocycles. The number of amides is 3. The minimum absolute atomic E-state index is 0.0200. The normalized spacial score (nSPS) is 13.8. The Bertz CT molecular complexity index is 881. The number of ether oxygens (including phenoxy) is 1. The number of nitrogens with zero attached hydrogens (tertiary/aromatic N) is 3. The fourth-order valence-electron chi connectivity index (χ4n) is 3.11. The average molecular weight is 434 g/mol. The van der Waals surface area contributed by atoms with E-state index in [-0.39, 0.29) is 24.2 Å². The van der Waals surface area contributed by atoms with Crippen molar-refractivity contribution < 1.29 is 18.7 Å². The highest BCUT2D eigenvalue weighted by Crippen LogP contribution is 2.19. The summed E-state index contributed by atoms with van der Waals surface area (Å²) in [6.07, 6.45) is 5.78. The van der Waals surface area contributed by atoms with Crippen molar-refractivity contribution in [2.24, 2.45) is 0 Å². The molecule has 1 saturated carbocycles. The monoisotopic (exact) mass is 433 g/mol. The zero-order valence-electron chi connectivity index (χ0n) is 16.5. The van der Waals surface area contributed by atoms with E-state index in [4.69, 9.17) is 4.74 Å². The van der Waals surface area contributed by atoms with Crippen LogP contribution >= 0.6 is 11.8 Å². The number of nitrogens with one attached hydrogen (secondary N) is 2. The van der Waals surface area contributed by atoms with Gasteiger partial charge in [0, 0.05) is 12.6 Å². The smallest absolute Gasteiger partial charge is 0.321 e. The van der Waals surface area contributed by atoms with Gasteiger partial charge in [-0.2, -0.15) is 0 Å². The molecule has 160 valence electrons. The quantitative estimate of drug-likeness (QED) is 0.466. The van der Waals surface area contributed by atoms with Gasteiger partial charge in [-0.3, -0.25) is 14.7 Å². The average Bonchev–Trinajstić information content (AvgIpc) is 3.36. The van der Waals surface area contributed by atoms with Crippen molar-refractivity contribution in [1.82, 2.24) is 25.4 Å². The summed E-state index contributed by atoms with van der Waals surface area (Å²) >= 11 is 1.17. The number of halogens is 1. The van der Waals surface area contributed by atoms with Crippen LogP contribution in [0.1, 0.15) is 31.5 Å². The number of aromatic nitrogens is 3. The van der Waals surface area contributed by atoms with Gasteiger partial charge in [0.25, 0.3) is 0 Å². The molecule has 2 aromatic rings. The number of allylic oxidation sites excluding steroid dienone is 1. The Morgan fingerprint density at radius 3 is 2.70 bits per heavy atom. The second-order valence-electron chi connectivity index (χ2n) is 6.83. The second kappa shape index (κ2) is 10.8. The highest BCUT2D eigenvalue weighted by Gasteiger charge is 2.19. The molecule has 8 nitrogen and oxygen atoms in total. The van der Waals surface area contributed by atoms with Crippen LogP contribution in [0.2, 0.25) is 0 Å². The number of hydrogen-bond acceptors (Lipinski definition) is 6. The Hall–Kier alpha value is -2.88. The summed E-state index contributed by atoms with van der Waals surface area (Å²) in [6.45, 7) is 4.29. The van der Waals surface area contributed by atoms with Crippen LogP contribution < -0.4 is 15.4 Å². The summed E-state index contributed by atoms with van der Waals surface area (Å²) in [7, 11) is 0. The molecule has 1 fully saturated rings. The van der Waals surface area contributed by atoms with Crippen molar-refractivity contribution in [3.05, 3.63) is 48.6 Å². The molecule has 30 heavy (non-hydrogen) atoms. The van der Waals surface area contributed by atoms with Gasteiger partial charge in [-0.15, -0.1) is 16.8 Å². The maximum atomic E-state index is 13.0. The molecular formula is C20H24FN5O3S. The zero-order chi connectivity index (χ0) is 21.3. The standard InChI is InChI=1S/C20H24FN5O3S/c1-2-11-26-17(12-29-16-9-7-14(21)8-10-16)24-25-20(26)30-13-18(27)23-19(28)22-15-5-3-4-6-15/h2,7-10,15H,1,3-6,11-13H2,(H2,22,23,27,28). The van der Waals surface area contributed by atoms with Crippen LogP contribution in [0.5, 0.6) is 5.75 Å². The summed E-state index contributed by atoms with van der Waals surface area (Å²) < 4.78 is 20.4. The number of benzene rings is 1. The summed E-state index contributed by atoms with van der Waals surface area (Å²) in [6, 6.07) is 5.36. The Morgan fingerprint density at radius 2 is 2.00 bits per heavy atom. The van der Waals surface area contributed by atoms with Gasteiger partial charge in [0.05, 0.1) is 5.75 Å². The van der Waals surface area contributed by atoms with Crippen LogP contribution in [0.25, 0.3) is 0 Å². The van der Waals surface area contributed by atoms with Gasteiger partial charge in [0.15, 0.2) is 11.0 Å². The highest BCUT2D eigenvalue weighted by atomic mass is 32.2. The Labute approximate surface area is 178 Å². The van der Waals surface area contributed by atoms with E-state index >= 15 is 0 Å². The fraction of sp³-hybridized carbons (Fsp3) is 0.400. The molecule has 0 bridgehead atoms. The number of hydrogen-bond donors (Lipinski definition) is 2. The first-order valence-corrected chi connectivity index (χ1v) is 10.7. The number of carbonyl (C=O) groups is 2. The van der Waals surface area contributed by atoms with Gasteiger partial charge in [-0.05, 0) is 37.1 Å². The summed E-state index contributed by atoms with van der Waals surface area (Å²) in [5.41, 5.74) is 0. The zero-order valence-corrected chi connectivity index (χ0v) is 17.3. The molecule has 0 radical (unpaired) electrons. The van der Waals surface area contributed by atoms with Gasteiger partial charge >= 0.3 is 6.03 Å². The summed E-state index contributed by atoms with van der Waals surface area (Å²) in [5, 5.41) is 13.9. The molecule has 0 unspecified atom stereocenters. The van der Waals surface area contributed by atoms with Gasteiger partial charge in [-0.1, -0.05) is 30.7 Å². The van der Waals surface area contributed by atoms with Crippen LogP contribution in [-0.4, -0.2) is 38.5 Å². The van der Waals surface area contributed by atoms with Crippen molar-refractivity contribution in [3.8, 4) is 5.75 Å². The van der Waals surface area contributed by atoms with Crippen LogP contribution in [0.15, 0.2) is 42.1 Å². The number of rotatable bonds is 9. The number of thioether (sulfide) groups is 1. The first kappa shape index (κ1) is 21.8. The predicted octanol–water partition coefficient (Wildman–Crippen LogP) is 3.04.